The Morgan fingerprint density at radius 1 is 1.00 bits per heavy atom. The van der Waals surface area contributed by atoms with Gasteiger partial charge in [0.25, 0.3) is 0 Å². The fourth-order valence-corrected chi connectivity index (χ4v) is 2.24. The molecule has 1 heterocycles. The number of halogens is 2. The van der Waals surface area contributed by atoms with Gasteiger partial charge in [-0.2, -0.15) is 0 Å². The van der Waals surface area contributed by atoms with E-state index in [1.165, 1.54) is 6.07 Å². The maximum atomic E-state index is 13.7. The first-order chi connectivity index (χ1) is 9.16. The van der Waals surface area contributed by atoms with Gasteiger partial charge >= 0.3 is 0 Å². The third kappa shape index (κ3) is 1.95. The number of nitrogens with two attached hydrogens (primary N) is 1. The Bertz CT molecular complexity index is 747. The van der Waals surface area contributed by atoms with E-state index in [4.69, 9.17) is 5.73 Å². The van der Waals surface area contributed by atoms with Crippen LogP contribution in [-0.4, -0.2) is 4.57 Å². The molecule has 19 heavy (non-hydrogen) atoms. The predicted octanol–water partition coefficient (Wildman–Crippen LogP) is 3.55. The number of nitrogen functional groups attached to an aromatic ring is 1. The molecule has 2 N–H and O–H groups in total. The number of nitrogens with zero attached hydrogens (tertiary/aromatic N) is 1. The van der Waals surface area contributed by atoms with E-state index in [0.29, 0.717) is 11.3 Å². The van der Waals surface area contributed by atoms with E-state index < -0.39 is 11.6 Å². The van der Waals surface area contributed by atoms with Crippen molar-refractivity contribution in [3.8, 4) is 0 Å². The standard InChI is InChI=1S/C15H12F2N2/c16-12-4-1-3-10(15(12)17)9-19-8-7-11-13(18)5-2-6-14(11)19/h1-8H,9,18H2. The third-order valence-corrected chi connectivity index (χ3v) is 3.22. The van der Waals surface area contributed by atoms with E-state index in [1.807, 2.05) is 35.0 Å². The van der Waals surface area contributed by atoms with Gasteiger partial charge in [0.1, 0.15) is 0 Å². The summed E-state index contributed by atoms with van der Waals surface area (Å²) in [7, 11) is 0. The van der Waals surface area contributed by atoms with Gasteiger partial charge in [0.05, 0.1) is 12.1 Å². The highest BCUT2D eigenvalue weighted by atomic mass is 19.2. The summed E-state index contributed by atoms with van der Waals surface area (Å²) in [6.07, 6.45) is 1.82. The Hall–Kier alpha value is -2.36. The Morgan fingerprint density at radius 3 is 2.63 bits per heavy atom. The first-order valence-corrected chi connectivity index (χ1v) is 5.93. The van der Waals surface area contributed by atoms with E-state index in [2.05, 4.69) is 0 Å². The normalized spacial score (nSPS) is 11.1. The summed E-state index contributed by atoms with van der Waals surface area (Å²) < 4.78 is 28.7. The minimum Gasteiger partial charge on any atom is -0.398 e. The fourth-order valence-electron chi connectivity index (χ4n) is 2.24. The molecule has 0 atom stereocenters. The number of benzene rings is 2. The van der Waals surface area contributed by atoms with Crippen LogP contribution in [0.3, 0.4) is 0 Å². The van der Waals surface area contributed by atoms with Gasteiger partial charge in [0.2, 0.25) is 0 Å². The van der Waals surface area contributed by atoms with Crippen LogP contribution < -0.4 is 5.73 Å². The lowest BCUT2D eigenvalue weighted by Crippen LogP contribution is -2.02. The SMILES string of the molecule is Nc1cccc2c1ccn2Cc1cccc(F)c1F. The molecule has 0 saturated heterocycles. The van der Waals surface area contributed by atoms with Crippen molar-refractivity contribution in [2.45, 2.75) is 6.54 Å². The second-order valence-electron chi connectivity index (χ2n) is 4.44. The summed E-state index contributed by atoms with van der Waals surface area (Å²) >= 11 is 0. The van der Waals surface area contributed by atoms with Crippen molar-refractivity contribution in [3.63, 3.8) is 0 Å². The van der Waals surface area contributed by atoms with Crippen LogP contribution in [0, 0.1) is 11.6 Å². The molecule has 96 valence electrons. The molecule has 2 nitrogen and oxygen atoms in total. The van der Waals surface area contributed by atoms with Crippen molar-refractivity contribution in [2.75, 3.05) is 5.73 Å². The molecule has 0 aliphatic rings. The molecular weight excluding hydrogens is 246 g/mol. The van der Waals surface area contributed by atoms with Gasteiger partial charge in [-0.05, 0) is 24.3 Å². The zero-order valence-electron chi connectivity index (χ0n) is 10.1. The molecule has 0 radical (unpaired) electrons. The number of hydrogen-bond acceptors (Lipinski definition) is 1. The smallest absolute Gasteiger partial charge is 0.163 e. The monoisotopic (exact) mass is 258 g/mol. The number of rotatable bonds is 2. The van der Waals surface area contributed by atoms with Gasteiger partial charge in [-0.15, -0.1) is 0 Å². The minimum atomic E-state index is -0.825. The third-order valence-electron chi connectivity index (χ3n) is 3.22. The minimum absolute atomic E-state index is 0.274. The Kier molecular flexibility index (Phi) is 2.71. The molecule has 1 aromatic heterocycles. The summed E-state index contributed by atoms with van der Waals surface area (Å²) in [5.41, 5.74) is 7.77. The molecule has 0 fully saturated rings. The number of fused-ring (bicyclic) bond motifs is 1. The molecule has 4 heteroatoms. The quantitative estimate of drug-likeness (QED) is 0.700. The summed E-state index contributed by atoms with van der Waals surface area (Å²) in [6.45, 7) is 0.274. The summed E-state index contributed by atoms with van der Waals surface area (Å²) in [5.74, 6) is -1.62. The van der Waals surface area contributed by atoms with Crippen molar-refractivity contribution in [1.82, 2.24) is 4.57 Å². The molecule has 3 aromatic rings. The molecule has 0 unspecified atom stereocenters. The lowest BCUT2D eigenvalue weighted by Gasteiger charge is -2.07. The molecule has 2 aromatic carbocycles. The van der Waals surface area contributed by atoms with Crippen molar-refractivity contribution < 1.29 is 8.78 Å². The highest BCUT2D eigenvalue weighted by molar-refractivity contribution is 5.91. The van der Waals surface area contributed by atoms with Gasteiger partial charge in [-0.1, -0.05) is 18.2 Å². The summed E-state index contributed by atoms with van der Waals surface area (Å²) in [6, 6.07) is 11.6. The molecule has 3 rings (SSSR count). The van der Waals surface area contributed by atoms with E-state index in [0.717, 1.165) is 17.0 Å². The van der Waals surface area contributed by atoms with Crippen LogP contribution in [0.4, 0.5) is 14.5 Å². The lowest BCUT2D eigenvalue weighted by molar-refractivity contribution is 0.496. The molecule has 0 aliphatic carbocycles. The lowest BCUT2D eigenvalue weighted by atomic mass is 10.2. The fraction of sp³-hybridized carbons (Fsp3) is 0.0667. The summed E-state index contributed by atoms with van der Waals surface area (Å²) in [4.78, 5) is 0. The number of anilines is 1. The number of aromatic nitrogens is 1. The Labute approximate surface area is 109 Å². The van der Waals surface area contributed by atoms with Crippen LogP contribution in [0.2, 0.25) is 0 Å². The van der Waals surface area contributed by atoms with Crippen molar-refractivity contribution >= 4 is 16.6 Å². The number of hydrogen-bond donors (Lipinski definition) is 1. The van der Waals surface area contributed by atoms with Gasteiger partial charge in [0.15, 0.2) is 11.6 Å². The average Bonchev–Trinajstić information content (AvgIpc) is 2.80. The van der Waals surface area contributed by atoms with Crippen LogP contribution >= 0.6 is 0 Å². The van der Waals surface area contributed by atoms with Crippen LogP contribution in [0.25, 0.3) is 10.9 Å². The average molecular weight is 258 g/mol. The second kappa shape index (κ2) is 4.39. The zero-order valence-corrected chi connectivity index (χ0v) is 10.1. The molecular formula is C15H12F2N2. The van der Waals surface area contributed by atoms with E-state index in [-0.39, 0.29) is 6.54 Å². The van der Waals surface area contributed by atoms with Crippen molar-refractivity contribution in [3.05, 3.63) is 65.9 Å². The van der Waals surface area contributed by atoms with Crippen molar-refractivity contribution in [2.24, 2.45) is 0 Å². The van der Waals surface area contributed by atoms with Gasteiger partial charge in [-0.3, -0.25) is 0 Å². The van der Waals surface area contributed by atoms with E-state index in [1.54, 1.807) is 6.07 Å². The molecule has 0 amide bonds. The van der Waals surface area contributed by atoms with Gasteiger partial charge in [0, 0.05) is 22.8 Å². The topological polar surface area (TPSA) is 30.9 Å². The van der Waals surface area contributed by atoms with Gasteiger partial charge < -0.3 is 10.3 Å². The highest BCUT2D eigenvalue weighted by Gasteiger charge is 2.10. The van der Waals surface area contributed by atoms with Crippen LogP contribution in [-0.2, 0) is 6.54 Å². The molecule has 0 spiro atoms. The maximum Gasteiger partial charge on any atom is 0.163 e. The van der Waals surface area contributed by atoms with Crippen LogP contribution in [0.15, 0.2) is 48.7 Å². The molecule has 0 saturated carbocycles. The second-order valence-corrected chi connectivity index (χ2v) is 4.44. The van der Waals surface area contributed by atoms with E-state index >= 15 is 0 Å². The zero-order chi connectivity index (χ0) is 13.4. The highest BCUT2D eigenvalue weighted by Crippen LogP contribution is 2.23. The van der Waals surface area contributed by atoms with Gasteiger partial charge in [-0.25, -0.2) is 8.78 Å². The molecule has 0 bridgehead atoms. The Balaban J connectivity index is 2.07. The largest absolute Gasteiger partial charge is 0.398 e. The van der Waals surface area contributed by atoms with Crippen LogP contribution in [0.1, 0.15) is 5.56 Å². The predicted molar refractivity (Wildman–Crippen MR) is 71.8 cm³/mol. The van der Waals surface area contributed by atoms with Crippen molar-refractivity contribution in [1.29, 1.82) is 0 Å². The summed E-state index contributed by atoms with van der Waals surface area (Å²) in [5, 5.41) is 0.916. The van der Waals surface area contributed by atoms with E-state index in [9.17, 15) is 8.78 Å². The first kappa shape index (κ1) is 11.7. The first-order valence-electron chi connectivity index (χ1n) is 5.93. The van der Waals surface area contributed by atoms with Crippen LogP contribution in [0.5, 0.6) is 0 Å². The maximum absolute atomic E-state index is 13.7. The Morgan fingerprint density at radius 2 is 1.79 bits per heavy atom. The molecule has 0 aliphatic heterocycles.